The Labute approximate surface area is 129 Å². The Morgan fingerprint density at radius 3 is 2.67 bits per heavy atom. The number of benzene rings is 1. The van der Waals surface area contributed by atoms with Gasteiger partial charge < -0.3 is 10.5 Å². The van der Waals surface area contributed by atoms with Gasteiger partial charge in [-0.05, 0) is 49.1 Å². The summed E-state index contributed by atoms with van der Waals surface area (Å²) in [6, 6.07) is 8.76. The summed E-state index contributed by atoms with van der Waals surface area (Å²) in [4.78, 5) is 0. The van der Waals surface area contributed by atoms with Crippen molar-refractivity contribution in [1.82, 2.24) is 0 Å². The first-order valence-corrected chi connectivity index (χ1v) is 8.68. The molecule has 2 N–H and O–H groups in total. The highest BCUT2D eigenvalue weighted by Crippen LogP contribution is 2.40. The van der Waals surface area contributed by atoms with Gasteiger partial charge in [-0.25, -0.2) is 0 Å². The maximum atomic E-state index is 6.38. The normalized spacial score (nSPS) is 31.5. The molecule has 2 aliphatic carbocycles. The van der Waals surface area contributed by atoms with E-state index < -0.39 is 0 Å². The van der Waals surface area contributed by atoms with Gasteiger partial charge in [0.1, 0.15) is 0 Å². The van der Waals surface area contributed by atoms with E-state index in [1.165, 1.54) is 43.2 Å². The monoisotopic (exact) mass is 287 g/mol. The van der Waals surface area contributed by atoms with Gasteiger partial charge >= 0.3 is 0 Å². The summed E-state index contributed by atoms with van der Waals surface area (Å²) in [5, 5.41) is 0. The van der Waals surface area contributed by atoms with Crippen LogP contribution in [0.25, 0.3) is 0 Å². The van der Waals surface area contributed by atoms with Crippen molar-refractivity contribution in [3.63, 3.8) is 0 Å². The molecule has 116 valence electrons. The number of fused-ring (bicyclic) bond motifs is 1. The van der Waals surface area contributed by atoms with E-state index in [2.05, 4.69) is 31.2 Å². The van der Waals surface area contributed by atoms with Crippen molar-refractivity contribution in [2.24, 2.45) is 11.7 Å². The lowest BCUT2D eigenvalue weighted by molar-refractivity contribution is -0.0786. The molecule has 0 bridgehead atoms. The third-order valence-electron chi connectivity index (χ3n) is 5.64. The van der Waals surface area contributed by atoms with Crippen LogP contribution in [0.5, 0.6) is 0 Å². The van der Waals surface area contributed by atoms with Gasteiger partial charge in [-0.2, -0.15) is 0 Å². The smallest absolute Gasteiger partial charge is 0.0804 e. The van der Waals surface area contributed by atoms with Crippen molar-refractivity contribution >= 4 is 0 Å². The minimum atomic E-state index is -0.0330. The summed E-state index contributed by atoms with van der Waals surface area (Å²) < 4.78 is 6.38. The highest BCUT2D eigenvalue weighted by molar-refractivity contribution is 5.39. The molecule has 0 aromatic heterocycles. The van der Waals surface area contributed by atoms with Gasteiger partial charge in [0.05, 0.1) is 12.2 Å². The van der Waals surface area contributed by atoms with Crippen LogP contribution < -0.4 is 5.73 Å². The number of nitrogens with two attached hydrogens (primary N) is 1. The Bertz CT molecular complexity index is 462. The van der Waals surface area contributed by atoms with Crippen LogP contribution in [0.4, 0.5) is 0 Å². The van der Waals surface area contributed by atoms with Crippen LogP contribution in [0.15, 0.2) is 24.3 Å². The van der Waals surface area contributed by atoms with Gasteiger partial charge in [-0.15, -0.1) is 0 Å². The van der Waals surface area contributed by atoms with Crippen molar-refractivity contribution in [3.8, 4) is 0 Å². The predicted octanol–water partition coefficient (Wildman–Crippen LogP) is 4.03. The van der Waals surface area contributed by atoms with Gasteiger partial charge in [-0.3, -0.25) is 0 Å². The number of rotatable bonds is 6. The maximum absolute atomic E-state index is 6.38. The molecule has 2 heteroatoms. The van der Waals surface area contributed by atoms with Crippen molar-refractivity contribution in [2.75, 3.05) is 13.2 Å². The highest BCUT2D eigenvalue weighted by Gasteiger charge is 2.36. The zero-order valence-electron chi connectivity index (χ0n) is 13.3. The minimum absolute atomic E-state index is 0.0330. The van der Waals surface area contributed by atoms with Crippen molar-refractivity contribution < 1.29 is 4.74 Å². The van der Waals surface area contributed by atoms with Crippen molar-refractivity contribution in [2.45, 2.75) is 63.4 Å². The van der Waals surface area contributed by atoms with E-state index in [4.69, 9.17) is 10.5 Å². The fraction of sp³-hybridized carbons (Fsp3) is 0.684. The molecule has 1 unspecified atom stereocenters. The molecule has 0 amide bonds. The van der Waals surface area contributed by atoms with Crippen LogP contribution in [0, 0.1) is 5.92 Å². The topological polar surface area (TPSA) is 35.2 Å². The molecule has 0 saturated heterocycles. The molecule has 2 nitrogen and oxygen atoms in total. The van der Waals surface area contributed by atoms with Gasteiger partial charge in [0.25, 0.3) is 0 Å². The third kappa shape index (κ3) is 3.17. The van der Waals surface area contributed by atoms with Crippen LogP contribution in [-0.4, -0.2) is 18.8 Å². The molecule has 1 fully saturated rings. The van der Waals surface area contributed by atoms with E-state index in [-0.39, 0.29) is 5.60 Å². The first-order valence-electron chi connectivity index (χ1n) is 8.68. The zero-order valence-corrected chi connectivity index (χ0v) is 13.3. The summed E-state index contributed by atoms with van der Waals surface area (Å²) in [6.07, 6.45) is 8.76. The minimum Gasteiger partial charge on any atom is -0.373 e. The van der Waals surface area contributed by atoms with E-state index >= 15 is 0 Å². The van der Waals surface area contributed by atoms with Crippen LogP contribution >= 0.6 is 0 Å². The second kappa shape index (κ2) is 6.50. The van der Waals surface area contributed by atoms with Gasteiger partial charge in [-0.1, -0.05) is 44.0 Å². The molecule has 21 heavy (non-hydrogen) atoms. The third-order valence-corrected chi connectivity index (χ3v) is 5.64. The molecule has 2 aliphatic rings. The molecule has 3 rings (SSSR count). The van der Waals surface area contributed by atoms with Gasteiger partial charge in [0.2, 0.25) is 0 Å². The standard InChI is InChI=1S/C19H29NO/c1-2-5-15-8-10-19(14-20,11-9-15)21-13-17-12-16-6-3-4-7-18(16)17/h3-4,6-7,15,17H,2,5,8-14,20H2,1H3. The Morgan fingerprint density at radius 1 is 1.24 bits per heavy atom. The van der Waals surface area contributed by atoms with Crippen LogP contribution in [0.1, 0.15) is 62.5 Å². The first kappa shape index (κ1) is 15.1. The van der Waals surface area contributed by atoms with E-state index in [1.807, 2.05) is 0 Å². The Hall–Kier alpha value is -0.860. The second-order valence-corrected chi connectivity index (χ2v) is 7.03. The Kier molecular flexibility index (Phi) is 4.66. The lowest BCUT2D eigenvalue weighted by atomic mass is 9.76. The number of hydrogen-bond acceptors (Lipinski definition) is 2. The van der Waals surface area contributed by atoms with E-state index in [0.717, 1.165) is 25.4 Å². The average molecular weight is 287 g/mol. The molecule has 1 saturated carbocycles. The molecule has 0 radical (unpaired) electrons. The summed E-state index contributed by atoms with van der Waals surface area (Å²) in [5.74, 6) is 1.50. The molecule has 0 spiro atoms. The van der Waals surface area contributed by atoms with Crippen LogP contribution in [0.2, 0.25) is 0 Å². The maximum Gasteiger partial charge on any atom is 0.0804 e. The molecule has 1 aromatic rings. The average Bonchev–Trinajstić information content (AvgIpc) is 2.50. The van der Waals surface area contributed by atoms with Crippen LogP contribution in [-0.2, 0) is 11.2 Å². The zero-order chi connectivity index (χ0) is 14.7. The predicted molar refractivity (Wildman–Crippen MR) is 87.5 cm³/mol. The molecular weight excluding hydrogens is 258 g/mol. The molecule has 1 aromatic carbocycles. The van der Waals surface area contributed by atoms with Crippen LogP contribution in [0.3, 0.4) is 0 Å². The van der Waals surface area contributed by atoms with Crippen molar-refractivity contribution in [1.29, 1.82) is 0 Å². The summed E-state index contributed by atoms with van der Waals surface area (Å²) in [5.41, 5.74) is 9.03. The fourth-order valence-corrected chi connectivity index (χ4v) is 4.10. The first-order chi connectivity index (χ1) is 10.3. The molecular formula is C19H29NO. The lowest BCUT2D eigenvalue weighted by Crippen LogP contribution is -2.45. The largest absolute Gasteiger partial charge is 0.373 e. The molecule has 0 heterocycles. The fourth-order valence-electron chi connectivity index (χ4n) is 4.10. The molecule has 0 aliphatic heterocycles. The Morgan fingerprint density at radius 2 is 2.00 bits per heavy atom. The van der Waals surface area contributed by atoms with E-state index in [1.54, 1.807) is 0 Å². The summed E-state index contributed by atoms with van der Waals surface area (Å²) in [7, 11) is 0. The van der Waals surface area contributed by atoms with E-state index in [0.29, 0.717) is 12.5 Å². The highest BCUT2D eigenvalue weighted by atomic mass is 16.5. The molecule has 1 atom stereocenters. The van der Waals surface area contributed by atoms with Gasteiger partial charge in [0, 0.05) is 12.5 Å². The lowest BCUT2D eigenvalue weighted by Gasteiger charge is -2.41. The number of hydrogen-bond donors (Lipinski definition) is 1. The SMILES string of the molecule is CCCC1CCC(CN)(OCC2Cc3ccccc32)CC1. The van der Waals surface area contributed by atoms with Crippen molar-refractivity contribution in [3.05, 3.63) is 35.4 Å². The van der Waals surface area contributed by atoms with Gasteiger partial charge in [0.15, 0.2) is 0 Å². The number of ether oxygens (including phenoxy) is 1. The van der Waals surface area contributed by atoms with E-state index in [9.17, 15) is 0 Å². The summed E-state index contributed by atoms with van der Waals surface area (Å²) >= 11 is 0. The quantitative estimate of drug-likeness (QED) is 0.857. The Balaban J connectivity index is 1.52. The summed E-state index contributed by atoms with van der Waals surface area (Å²) in [6.45, 7) is 3.82. The second-order valence-electron chi connectivity index (χ2n) is 7.03.